The molecule has 1 aliphatic heterocycles. The van der Waals surface area contributed by atoms with Crippen LogP contribution in [0.3, 0.4) is 0 Å². The number of aliphatic hydroxyl groups excluding tert-OH is 4. The SMILES string of the molecule is CCCCCCCCCCCCC(O)CN(CCCCSSCCCCN1CCN(CCOC(=O)CCCCN(CC(O)CCCCCCCCCC)CC(O)CCCCCCCCCC)CC1)CC(O)CCCCCCCCCCCC. The maximum atomic E-state index is 12.8. The van der Waals surface area contributed by atoms with Gasteiger partial charge in [0.05, 0.1) is 24.4 Å². The van der Waals surface area contributed by atoms with Crippen molar-refractivity contribution in [1.29, 1.82) is 0 Å². The molecule has 496 valence electrons. The minimum absolute atomic E-state index is 0.107. The molecular weight excluding hydrogens is 1070 g/mol. The Hall–Kier alpha value is -0.150. The van der Waals surface area contributed by atoms with Crippen molar-refractivity contribution in [3.05, 3.63) is 0 Å². The van der Waals surface area contributed by atoms with Gasteiger partial charge in [0.15, 0.2) is 0 Å². The Balaban J connectivity index is 2.29. The molecule has 0 amide bonds. The van der Waals surface area contributed by atoms with Gasteiger partial charge in [0.1, 0.15) is 6.61 Å². The summed E-state index contributed by atoms with van der Waals surface area (Å²) < 4.78 is 5.71. The Kier molecular flexibility index (Phi) is 61.8. The average molecular weight is 1210 g/mol. The van der Waals surface area contributed by atoms with Crippen LogP contribution in [0.2, 0.25) is 0 Å². The van der Waals surface area contributed by atoms with Crippen molar-refractivity contribution in [1.82, 2.24) is 19.6 Å². The van der Waals surface area contributed by atoms with Gasteiger partial charge in [0.25, 0.3) is 0 Å². The molecule has 12 heteroatoms. The van der Waals surface area contributed by atoms with Crippen LogP contribution in [-0.4, -0.2) is 167 Å². The average Bonchev–Trinajstić information content (AvgIpc) is 3.50. The molecule has 0 radical (unpaired) electrons. The Morgan fingerprint density at radius 2 is 0.639 bits per heavy atom. The lowest BCUT2D eigenvalue weighted by Crippen LogP contribution is -2.47. The first-order chi connectivity index (χ1) is 40.7. The number of unbranched alkanes of at least 4 members (excludes halogenated alkanes) is 35. The molecule has 4 atom stereocenters. The highest BCUT2D eigenvalue weighted by molar-refractivity contribution is 8.76. The van der Waals surface area contributed by atoms with E-state index in [0.29, 0.717) is 39.2 Å². The zero-order valence-corrected chi connectivity index (χ0v) is 57.5. The molecule has 1 rings (SSSR count). The van der Waals surface area contributed by atoms with E-state index >= 15 is 0 Å². The van der Waals surface area contributed by atoms with Crippen molar-refractivity contribution in [3.8, 4) is 0 Å². The number of carbonyl (C=O) groups is 1. The first-order valence-electron chi connectivity index (χ1n) is 36.7. The number of piperazine rings is 1. The molecule has 0 aromatic heterocycles. The van der Waals surface area contributed by atoms with Gasteiger partial charge in [-0.1, -0.05) is 280 Å². The maximum absolute atomic E-state index is 12.8. The molecule has 1 heterocycles. The highest BCUT2D eigenvalue weighted by Gasteiger charge is 2.20. The minimum atomic E-state index is -0.372. The third kappa shape index (κ3) is 56.8. The summed E-state index contributed by atoms with van der Waals surface area (Å²) in [4.78, 5) is 22.4. The van der Waals surface area contributed by atoms with Crippen molar-refractivity contribution in [3.63, 3.8) is 0 Å². The predicted octanol–water partition coefficient (Wildman–Crippen LogP) is 18.0. The third-order valence-electron chi connectivity index (χ3n) is 17.7. The zero-order chi connectivity index (χ0) is 60.2. The van der Waals surface area contributed by atoms with Crippen LogP contribution in [0.1, 0.15) is 329 Å². The lowest BCUT2D eigenvalue weighted by molar-refractivity contribution is -0.144. The van der Waals surface area contributed by atoms with Crippen molar-refractivity contribution in [2.45, 2.75) is 354 Å². The Morgan fingerprint density at radius 3 is 0.964 bits per heavy atom. The molecule has 1 saturated heterocycles. The van der Waals surface area contributed by atoms with Crippen LogP contribution >= 0.6 is 21.6 Å². The van der Waals surface area contributed by atoms with Crippen molar-refractivity contribution in [2.24, 2.45) is 0 Å². The summed E-state index contributed by atoms with van der Waals surface area (Å²) in [6.07, 6.45) is 55.5. The quantitative estimate of drug-likeness (QED) is 0.0264. The lowest BCUT2D eigenvalue weighted by Gasteiger charge is -2.34. The van der Waals surface area contributed by atoms with Crippen molar-refractivity contribution < 1.29 is 30.0 Å². The van der Waals surface area contributed by atoms with Crippen LogP contribution in [0.15, 0.2) is 0 Å². The first kappa shape index (κ1) is 80.9. The van der Waals surface area contributed by atoms with E-state index in [2.05, 4.69) is 47.3 Å². The van der Waals surface area contributed by atoms with Gasteiger partial charge in [0, 0.05) is 76.8 Å². The number of rotatable bonds is 67. The molecule has 0 bridgehead atoms. The molecule has 83 heavy (non-hydrogen) atoms. The summed E-state index contributed by atoms with van der Waals surface area (Å²) in [5.74, 6) is 2.25. The van der Waals surface area contributed by atoms with Crippen LogP contribution < -0.4 is 0 Å². The van der Waals surface area contributed by atoms with E-state index in [4.69, 9.17) is 4.74 Å². The normalized spacial score (nSPS) is 15.0. The summed E-state index contributed by atoms with van der Waals surface area (Å²) in [5.41, 5.74) is 0. The Labute approximate surface area is 524 Å². The second-order valence-electron chi connectivity index (χ2n) is 26.0. The van der Waals surface area contributed by atoms with Gasteiger partial charge in [-0.15, -0.1) is 0 Å². The number of carbonyl (C=O) groups excluding carboxylic acids is 1. The number of nitrogens with zero attached hydrogens (tertiary/aromatic N) is 4. The largest absolute Gasteiger partial charge is 0.464 e. The summed E-state index contributed by atoms with van der Waals surface area (Å²) in [7, 11) is 4.05. The Bertz CT molecular complexity index is 1240. The molecule has 0 aromatic rings. The zero-order valence-electron chi connectivity index (χ0n) is 55.9. The number of hydrogen-bond donors (Lipinski definition) is 4. The standard InChI is InChI=1S/C71H144N4O6S2/c1-5-9-13-17-21-25-27-31-35-39-49-69(78)65-75(66-70(79)50-40-36-32-28-26-22-18-14-10-6-2)54-44-46-62-83-82-61-45-43-52-72-55-57-73(58-56-72)59-60-81-71(80)51-41-42-53-74(63-67(76)47-37-33-29-23-19-15-11-7-3)64-68(77)48-38-34-30-24-20-16-12-8-4/h67-70,76-79H,5-66H2,1-4H3. The van der Waals surface area contributed by atoms with Gasteiger partial charge < -0.3 is 30.1 Å². The second-order valence-corrected chi connectivity index (χ2v) is 28.7. The number of ether oxygens (including phenoxy) is 1. The first-order valence-corrected chi connectivity index (χ1v) is 39.2. The fraction of sp³-hybridized carbons (Fsp3) is 0.986. The number of hydrogen-bond acceptors (Lipinski definition) is 12. The molecule has 0 saturated carbocycles. The van der Waals surface area contributed by atoms with Crippen molar-refractivity contribution >= 4 is 27.6 Å². The van der Waals surface area contributed by atoms with Crippen molar-refractivity contribution in [2.75, 3.05) is 96.6 Å². The fourth-order valence-corrected chi connectivity index (χ4v) is 14.4. The van der Waals surface area contributed by atoms with Crippen LogP contribution in [-0.2, 0) is 9.53 Å². The number of esters is 1. The molecule has 4 unspecified atom stereocenters. The third-order valence-corrected chi connectivity index (χ3v) is 20.2. The monoisotopic (exact) mass is 1210 g/mol. The van der Waals surface area contributed by atoms with E-state index in [1.807, 2.05) is 21.6 Å². The molecule has 0 spiro atoms. The van der Waals surface area contributed by atoms with E-state index in [-0.39, 0.29) is 30.4 Å². The van der Waals surface area contributed by atoms with Gasteiger partial charge in [0.2, 0.25) is 0 Å². The maximum Gasteiger partial charge on any atom is 0.305 e. The van der Waals surface area contributed by atoms with Gasteiger partial charge >= 0.3 is 5.97 Å². The summed E-state index contributed by atoms with van der Waals surface area (Å²) in [6.45, 7) is 20.1. The van der Waals surface area contributed by atoms with Crippen LogP contribution in [0.25, 0.3) is 0 Å². The molecule has 0 aromatic carbocycles. The second kappa shape index (κ2) is 63.4. The fourth-order valence-electron chi connectivity index (χ4n) is 12.1. The van der Waals surface area contributed by atoms with E-state index in [9.17, 15) is 25.2 Å². The van der Waals surface area contributed by atoms with E-state index in [0.717, 1.165) is 129 Å². The molecule has 10 nitrogen and oxygen atoms in total. The molecule has 1 fully saturated rings. The van der Waals surface area contributed by atoms with Crippen LogP contribution in [0, 0.1) is 0 Å². The predicted molar refractivity (Wildman–Crippen MR) is 365 cm³/mol. The molecule has 1 aliphatic rings. The van der Waals surface area contributed by atoms with Gasteiger partial charge in [-0.25, -0.2) is 0 Å². The molecule has 4 N–H and O–H groups in total. The topological polar surface area (TPSA) is 120 Å². The van der Waals surface area contributed by atoms with E-state index in [1.165, 1.54) is 230 Å². The van der Waals surface area contributed by atoms with Gasteiger partial charge in [-0.3, -0.25) is 19.5 Å². The smallest absolute Gasteiger partial charge is 0.305 e. The summed E-state index contributed by atoms with van der Waals surface area (Å²) >= 11 is 0. The highest BCUT2D eigenvalue weighted by atomic mass is 33.1. The Morgan fingerprint density at radius 1 is 0.361 bits per heavy atom. The van der Waals surface area contributed by atoms with Crippen LogP contribution in [0.5, 0.6) is 0 Å². The lowest BCUT2D eigenvalue weighted by atomic mass is 10.0. The van der Waals surface area contributed by atoms with Gasteiger partial charge in [-0.2, -0.15) is 0 Å². The molecular formula is C71H144N4O6S2. The molecule has 0 aliphatic carbocycles. The summed E-state index contributed by atoms with van der Waals surface area (Å²) in [6, 6.07) is 0. The number of aliphatic hydroxyl groups is 4. The highest BCUT2D eigenvalue weighted by Crippen LogP contribution is 2.25. The minimum Gasteiger partial charge on any atom is -0.464 e. The van der Waals surface area contributed by atoms with Crippen LogP contribution in [0.4, 0.5) is 0 Å². The van der Waals surface area contributed by atoms with E-state index in [1.54, 1.807) is 0 Å². The van der Waals surface area contributed by atoms with E-state index < -0.39 is 0 Å². The van der Waals surface area contributed by atoms with Gasteiger partial charge in [-0.05, 0) is 83.8 Å². The summed E-state index contributed by atoms with van der Waals surface area (Å²) in [5, 5.41) is 44.2.